The van der Waals surface area contributed by atoms with E-state index in [1.54, 1.807) is 41.9 Å². The molecule has 2 aromatic heterocycles. The van der Waals surface area contributed by atoms with E-state index in [1.165, 1.54) is 0 Å². The van der Waals surface area contributed by atoms with Gasteiger partial charge < -0.3 is 11.1 Å². The van der Waals surface area contributed by atoms with Gasteiger partial charge in [-0.15, -0.1) is 11.3 Å². The monoisotopic (exact) mass is 424 g/mol. The third kappa shape index (κ3) is 3.18. The number of halogens is 1. The number of benzene rings is 2. The molecule has 0 fully saturated rings. The fraction of sp³-hybridized carbons (Fsp3) is 0. The Hall–Kier alpha value is -2.77. The van der Waals surface area contributed by atoms with Gasteiger partial charge in [-0.3, -0.25) is 4.79 Å². The van der Waals surface area contributed by atoms with E-state index < -0.39 is 5.91 Å². The number of nitrogens with zero attached hydrogens (tertiary/aromatic N) is 2. The van der Waals surface area contributed by atoms with E-state index in [0.29, 0.717) is 5.56 Å². The molecule has 3 N–H and O–H groups in total. The number of nitrogens with one attached hydrogen (secondary N) is 1. The molecule has 0 aliphatic rings. The predicted octanol–water partition coefficient (Wildman–Crippen LogP) is 4.96. The van der Waals surface area contributed by atoms with Crippen LogP contribution in [0.2, 0.25) is 0 Å². The summed E-state index contributed by atoms with van der Waals surface area (Å²) in [5, 5.41) is 6.37. The maximum atomic E-state index is 11.2. The number of primary amides is 1. The second-order valence-electron chi connectivity index (χ2n) is 5.63. The molecule has 4 aromatic rings. The van der Waals surface area contributed by atoms with E-state index in [0.717, 1.165) is 37.3 Å². The molecule has 0 radical (unpaired) electrons. The molecule has 7 heteroatoms. The van der Waals surface area contributed by atoms with Crippen molar-refractivity contribution in [1.29, 1.82) is 0 Å². The zero-order valence-corrected chi connectivity index (χ0v) is 15.8. The van der Waals surface area contributed by atoms with Gasteiger partial charge in [0.05, 0.1) is 5.39 Å². The molecule has 0 atom stereocenters. The Morgan fingerprint density at radius 2 is 1.77 bits per heavy atom. The van der Waals surface area contributed by atoms with Crippen LogP contribution < -0.4 is 11.1 Å². The fourth-order valence-electron chi connectivity index (χ4n) is 2.67. The molecular weight excluding hydrogens is 412 g/mol. The highest BCUT2D eigenvalue weighted by molar-refractivity contribution is 9.10. The van der Waals surface area contributed by atoms with E-state index in [-0.39, 0.29) is 0 Å². The molecule has 1 amide bonds. The van der Waals surface area contributed by atoms with Gasteiger partial charge >= 0.3 is 0 Å². The van der Waals surface area contributed by atoms with Crippen LogP contribution in [-0.2, 0) is 0 Å². The first-order valence-electron chi connectivity index (χ1n) is 7.77. The number of nitrogens with two attached hydrogens (primary N) is 1. The summed E-state index contributed by atoms with van der Waals surface area (Å²) < 4.78 is 1.03. The van der Waals surface area contributed by atoms with Gasteiger partial charge in [0.2, 0.25) is 5.91 Å². The summed E-state index contributed by atoms with van der Waals surface area (Å²) in [6.07, 6.45) is 1.55. The minimum atomic E-state index is -0.448. The Kier molecular flexibility index (Phi) is 4.40. The van der Waals surface area contributed by atoms with E-state index in [2.05, 4.69) is 48.7 Å². The van der Waals surface area contributed by atoms with E-state index in [4.69, 9.17) is 5.73 Å². The molecule has 4 rings (SSSR count). The first kappa shape index (κ1) is 16.7. The number of anilines is 2. The van der Waals surface area contributed by atoms with E-state index in [1.807, 2.05) is 12.1 Å². The normalized spacial score (nSPS) is 10.8. The van der Waals surface area contributed by atoms with Crippen molar-refractivity contribution in [2.45, 2.75) is 0 Å². The Labute approximate surface area is 162 Å². The lowest BCUT2D eigenvalue weighted by atomic mass is 10.1. The number of hydrogen-bond donors (Lipinski definition) is 2. The van der Waals surface area contributed by atoms with Crippen molar-refractivity contribution in [3.05, 3.63) is 70.3 Å². The Morgan fingerprint density at radius 3 is 2.46 bits per heavy atom. The zero-order chi connectivity index (χ0) is 18.1. The quantitative estimate of drug-likeness (QED) is 0.484. The summed E-state index contributed by atoms with van der Waals surface area (Å²) >= 11 is 5.05. The zero-order valence-electron chi connectivity index (χ0n) is 13.4. The van der Waals surface area contributed by atoms with Gasteiger partial charge in [0.1, 0.15) is 17.0 Å². The van der Waals surface area contributed by atoms with Gasteiger partial charge in [-0.05, 0) is 42.0 Å². The van der Waals surface area contributed by atoms with Crippen LogP contribution in [0.15, 0.2) is 64.7 Å². The van der Waals surface area contributed by atoms with Crippen molar-refractivity contribution in [3.63, 3.8) is 0 Å². The molecule has 0 saturated carbocycles. The molecule has 0 aliphatic heterocycles. The lowest BCUT2D eigenvalue weighted by Crippen LogP contribution is -2.10. The number of thiophene rings is 1. The van der Waals surface area contributed by atoms with Crippen LogP contribution in [0.4, 0.5) is 11.5 Å². The van der Waals surface area contributed by atoms with Crippen LogP contribution in [0.3, 0.4) is 0 Å². The van der Waals surface area contributed by atoms with Crippen molar-refractivity contribution in [2.24, 2.45) is 5.73 Å². The third-order valence-corrected chi connectivity index (χ3v) is 5.37. The number of carbonyl (C=O) groups is 1. The highest BCUT2D eigenvalue weighted by atomic mass is 79.9. The van der Waals surface area contributed by atoms with Crippen molar-refractivity contribution >= 4 is 54.9 Å². The predicted molar refractivity (Wildman–Crippen MR) is 109 cm³/mol. The van der Waals surface area contributed by atoms with Crippen molar-refractivity contribution in [2.75, 3.05) is 5.32 Å². The van der Waals surface area contributed by atoms with Crippen LogP contribution >= 0.6 is 27.3 Å². The number of aromatic nitrogens is 2. The molecule has 2 heterocycles. The van der Waals surface area contributed by atoms with Gasteiger partial charge in [0.25, 0.3) is 0 Å². The largest absolute Gasteiger partial charge is 0.366 e. The second-order valence-corrected chi connectivity index (χ2v) is 7.40. The summed E-state index contributed by atoms with van der Waals surface area (Å²) in [5.74, 6) is 0.275. The first-order chi connectivity index (χ1) is 12.6. The second kappa shape index (κ2) is 6.86. The molecule has 0 bridgehead atoms. The number of fused-ring (bicyclic) bond motifs is 1. The van der Waals surface area contributed by atoms with Gasteiger partial charge in [-0.25, -0.2) is 9.97 Å². The summed E-state index contributed by atoms with van der Waals surface area (Å²) in [6, 6.07) is 15.1. The molecule has 0 saturated heterocycles. The molecule has 0 aliphatic carbocycles. The number of rotatable bonds is 4. The Morgan fingerprint density at radius 1 is 1.04 bits per heavy atom. The fourth-order valence-corrected chi connectivity index (χ4v) is 3.85. The summed E-state index contributed by atoms with van der Waals surface area (Å²) in [5.41, 5.74) is 8.76. The third-order valence-electron chi connectivity index (χ3n) is 3.96. The SMILES string of the molecule is NC(=O)c1ccc(Nc2ncnc3scc(-c4ccc(Br)cc4)c23)cc1. The average molecular weight is 425 g/mol. The van der Waals surface area contributed by atoms with Crippen LogP contribution in [0.1, 0.15) is 10.4 Å². The maximum absolute atomic E-state index is 11.2. The Bertz CT molecular complexity index is 1090. The Balaban J connectivity index is 1.76. The van der Waals surface area contributed by atoms with Crippen LogP contribution in [0, 0.1) is 0 Å². The minimum absolute atomic E-state index is 0.448. The van der Waals surface area contributed by atoms with Crippen molar-refractivity contribution in [3.8, 4) is 11.1 Å². The molecule has 26 heavy (non-hydrogen) atoms. The molecule has 0 spiro atoms. The standard InChI is InChI=1S/C19H13BrN4OS/c20-13-5-1-11(2-6-13)15-9-26-19-16(15)18(22-10-23-19)24-14-7-3-12(4-8-14)17(21)25/h1-10H,(H2,21,25)(H,22,23,24). The van der Waals surface area contributed by atoms with Crippen molar-refractivity contribution in [1.82, 2.24) is 9.97 Å². The molecule has 0 unspecified atom stereocenters. The smallest absolute Gasteiger partial charge is 0.248 e. The van der Waals surface area contributed by atoms with E-state index >= 15 is 0 Å². The van der Waals surface area contributed by atoms with Crippen molar-refractivity contribution < 1.29 is 4.79 Å². The molecular formula is C19H13BrN4OS. The summed E-state index contributed by atoms with van der Waals surface area (Å²) in [6.45, 7) is 0. The topological polar surface area (TPSA) is 80.9 Å². The van der Waals surface area contributed by atoms with Crippen LogP contribution in [-0.4, -0.2) is 15.9 Å². The molecule has 5 nitrogen and oxygen atoms in total. The lowest BCUT2D eigenvalue weighted by molar-refractivity contribution is 0.100. The highest BCUT2D eigenvalue weighted by Crippen LogP contribution is 2.37. The number of carbonyl (C=O) groups excluding carboxylic acids is 1. The molecule has 128 valence electrons. The molecule has 2 aromatic carbocycles. The number of amides is 1. The minimum Gasteiger partial charge on any atom is -0.366 e. The van der Waals surface area contributed by atoms with Gasteiger partial charge in [0.15, 0.2) is 0 Å². The number of hydrogen-bond acceptors (Lipinski definition) is 5. The summed E-state index contributed by atoms with van der Waals surface area (Å²) in [4.78, 5) is 20.9. The van der Waals surface area contributed by atoms with Crippen LogP contribution in [0.25, 0.3) is 21.3 Å². The van der Waals surface area contributed by atoms with Crippen LogP contribution in [0.5, 0.6) is 0 Å². The van der Waals surface area contributed by atoms with Gasteiger partial charge in [-0.2, -0.15) is 0 Å². The lowest BCUT2D eigenvalue weighted by Gasteiger charge is -2.09. The van der Waals surface area contributed by atoms with Gasteiger partial charge in [-0.1, -0.05) is 28.1 Å². The van der Waals surface area contributed by atoms with Gasteiger partial charge in [0, 0.05) is 26.7 Å². The maximum Gasteiger partial charge on any atom is 0.248 e. The first-order valence-corrected chi connectivity index (χ1v) is 9.44. The van der Waals surface area contributed by atoms with E-state index in [9.17, 15) is 4.79 Å². The summed E-state index contributed by atoms with van der Waals surface area (Å²) in [7, 11) is 0. The highest BCUT2D eigenvalue weighted by Gasteiger charge is 2.13. The average Bonchev–Trinajstić information content (AvgIpc) is 3.08.